The topological polar surface area (TPSA) is 44.4 Å². The largest absolute Gasteiger partial charge is 0.338 e. The van der Waals surface area contributed by atoms with Crippen molar-refractivity contribution in [3.63, 3.8) is 0 Å². The third kappa shape index (κ3) is 5.08. The minimum Gasteiger partial charge on any atom is -0.338 e. The predicted octanol–water partition coefficient (Wildman–Crippen LogP) is 4.19. The Balaban J connectivity index is 1.66. The van der Waals surface area contributed by atoms with E-state index in [0.29, 0.717) is 13.1 Å². The second-order valence-corrected chi connectivity index (χ2v) is 9.14. The highest BCUT2D eigenvalue weighted by Crippen LogP contribution is 2.30. The minimum atomic E-state index is -0.0888. The molecule has 3 rings (SSSR count). The van der Waals surface area contributed by atoms with Gasteiger partial charge >= 0.3 is 6.03 Å². The van der Waals surface area contributed by atoms with Gasteiger partial charge in [-0.2, -0.15) is 0 Å². The SMILES string of the molecule is CC(C)(C)CNC(=O)NCC(c1ccccc1)N1CCc2sccc2C1. The van der Waals surface area contributed by atoms with Gasteiger partial charge in [0.05, 0.1) is 6.04 Å². The molecule has 5 heteroatoms. The van der Waals surface area contributed by atoms with Crippen LogP contribution in [0.15, 0.2) is 41.8 Å². The maximum absolute atomic E-state index is 12.2. The number of hydrogen-bond donors (Lipinski definition) is 2. The summed E-state index contributed by atoms with van der Waals surface area (Å²) in [6, 6.07) is 12.8. The van der Waals surface area contributed by atoms with Crippen molar-refractivity contribution in [1.29, 1.82) is 0 Å². The van der Waals surface area contributed by atoms with Crippen LogP contribution in [0.5, 0.6) is 0 Å². The molecule has 0 aliphatic carbocycles. The molecule has 1 aromatic carbocycles. The summed E-state index contributed by atoms with van der Waals surface area (Å²) in [4.78, 5) is 16.2. The van der Waals surface area contributed by atoms with Gasteiger partial charge in [0.2, 0.25) is 0 Å². The molecule has 2 heterocycles. The van der Waals surface area contributed by atoms with Crippen molar-refractivity contribution in [2.24, 2.45) is 5.41 Å². The van der Waals surface area contributed by atoms with Crippen molar-refractivity contribution in [2.75, 3.05) is 19.6 Å². The lowest BCUT2D eigenvalue weighted by Crippen LogP contribution is -2.45. The second-order valence-electron chi connectivity index (χ2n) is 8.14. The van der Waals surface area contributed by atoms with Crippen molar-refractivity contribution >= 4 is 17.4 Å². The number of carbonyl (C=O) groups is 1. The summed E-state index contributed by atoms with van der Waals surface area (Å²) in [6.07, 6.45) is 1.09. The maximum Gasteiger partial charge on any atom is 0.314 e. The molecule has 0 bridgehead atoms. The Morgan fingerprint density at radius 2 is 1.96 bits per heavy atom. The molecule has 1 aliphatic rings. The fourth-order valence-electron chi connectivity index (χ4n) is 3.27. The van der Waals surface area contributed by atoms with Crippen molar-refractivity contribution in [1.82, 2.24) is 15.5 Å². The maximum atomic E-state index is 12.2. The summed E-state index contributed by atoms with van der Waals surface area (Å²) >= 11 is 1.86. The number of thiophene rings is 1. The van der Waals surface area contributed by atoms with Crippen LogP contribution >= 0.6 is 11.3 Å². The number of hydrogen-bond acceptors (Lipinski definition) is 3. The van der Waals surface area contributed by atoms with Crippen LogP contribution in [0.3, 0.4) is 0 Å². The molecule has 0 radical (unpaired) electrons. The van der Waals surface area contributed by atoms with E-state index >= 15 is 0 Å². The Bertz CT molecular complexity index is 720. The summed E-state index contributed by atoms with van der Waals surface area (Å²) in [5.74, 6) is 0. The fourth-order valence-corrected chi connectivity index (χ4v) is 4.16. The summed E-state index contributed by atoms with van der Waals surface area (Å²) in [5, 5.41) is 8.24. The molecule has 1 unspecified atom stereocenters. The van der Waals surface area contributed by atoms with Crippen LogP contribution in [0.4, 0.5) is 4.79 Å². The Hall–Kier alpha value is -1.85. The van der Waals surface area contributed by atoms with Crippen LogP contribution in [0.1, 0.15) is 42.8 Å². The average molecular weight is 372 g/mol. The molecule has 1 atom stereocenters. The van der Waals surface area contributed by atoms with Crippen LogP contribution in [-0.4, -0.2) is 30.6 Å². The third-order valence-corrected chi connectivity index (χ3v) is 5.72. The molecule has 26 heavy (non-hydrogen) atoms. The quantitative estimate of drug-likeness (QED) is 0.828. The number of urea groups is 1. The van der Waals surface area contributed by atoms with Crippen molar-refractivity contribution in [3.05, 3.63) is 57.8 Å². The van der Waals surface area contributed by atoms with Crippen molar-refractivity contribution in [2.45, 2.75) is 39.8 Å². The van der Waals surface area contributed by atoms with Gasteiger partial charge in [0.1, 0.15) is 0 Å². The number of benzene rings is 1. The number of rotatable bonds is 5. The summed E-state index contributed by atoms with van der Waals surface area (Å²) in [7, 11) is 0. The summed E-state index contributed by atoms with van der Waals surface area (Å²) in [5.41, 5.74) is 2.76. The van der Waals surface area contributed by atoms with Gasteiger partial charge in [-0.3, -0.25) is 4.90 Å². The fraction of sp³-hybridized carbons (Fsp3) is 0.476. The zero-order valence-corrected chi connectivity index (χ0v) is 16.7. The minimum absolute atomic E-state index is 0.0817. The molecule has 140 valence electrons. The van der Waals surface area contributed by atoms with Gasteiger partial charge in [0.15, 0.2) is 0 Å². The van der Waals surface area contributed by atoms with E-state index in [0.717, 1.165) is 19.5 Å². The molecule has 1 aliphatic heterocycles. The van der Waals surface area contributed by atoms with Crippen LogP contribution in [0.25, 0.3) is 0 Å². The zero-order valence-electron chi connectivity index (χ0n) is 15.9. The molecule has 0 fully saturated rings. The summed E-state index contributed by atoms with van der Waals surface area (Å²) < 4.78 is 0. The molecule has 0 spiro atoms. The van der Waals surface area contributed by atoms with E-state index < -0.39 is 0 Å². The van der Waals surface area contributed by atoms with Gasteiger partial charge in [-0.15, -0.1) is 11.3 Å². The lowest BCUT2D eigenvalue weighted by atomic mass is 9.97. The van der Waals surface area contributed by atoms with E-state index in [1.165, 1.54) is 16.0 Å². The van der Waals surface area contributed by atoms with E-state index in [9.17, 15) is 4.79 Å². The monoisotopic (exact) mass is 371 g/mol. The standard InChI is InChI=1S/C21H29N3OS/c1-21(2,3)15-23-20(25)22-13-18(16-7-5-4-6-8-16)24-11-9-19-17(14-24)10-12-26-19/h4-8,10,12,18H,9,11,13-15H2,1-3H3,(H2,22,23,25). The number of nitrogens with one attached hydrogen (secondary N) is 2. The smallest absolute Gasteiger partial charge is 0.314 e. The third-order valence-electron chi connectivity index (χ3n) is 4.70. The zero-order chi connectivity index (χ0) is 18.6. The number of nitrogens with zero attached hydrogens (tertiary/aromatic N) is 1. The number of carbonyl (C=O) groups excluding carboxylic acids is 1. The van der Waals surface area contributed by atoms with Crippen LogP contribution in [-0.2, 0) is 13.0 Å². The molecular formula is C21H29N3OS. The van der Waals surface area contributed by atoms with Gasteiger partial charge in [-0.25, -0.2) is 4.79 Å². The van der Waals surface area contributed by atoms with Gasteiger partial charge in [0.25, 0.3) is 0 Å². The number of fused-ring (bicyclic) bond motifs is 1. The van der Waals surface area contributed by atoms with Gasteiger partial charge in [-0.1, -0.05) is 51.1 Å². The highest BCUT2D eigenvalue weighted by Gasteiger charge is 2.26. The van der Waals surface area contributed by atoms with E-state index in [4.69, 9.17) is 0 Å². The Kier molecular flexibility index (Phi) is 5.99. The predicted molar refractivity (Wildman–Crippen MR) is 108 cm³/mol. The molecular weight excluding hydrogens is 342 g/mol. The van der Waals surface area contributed by atoms with E-state index in [1.54, 1.807) is 0 Å². The summed E-state index contributed by atoms with van der Waals surface area (Å²) in [6.45, 7) is 9.60. The molecule has 1 aromatic heterocycles. The molecule has 0 saturated heterocycles. The Morgan fingerprint density at radius 1 is 1.19 bits per heavy atom. The molecule has 2 aromatic rings. The highest BCUT2D eigenvalue weighted by atomic mass is 32.1. The van der Waals surface area contributed by atoms with Crippen LogP contribution in [0, 0.1) is 5.41 Å². The van der Waals surface area contributed by atoms with Crippen LogP contribution < -0.4 is 10.6 Å². The van der Waals surface area contributed by atoms with Crippen molar-refractivity contribution in [3.8, 4) is 0 Å². The van der Waals surface area contributed by atoms with E-state index in [-0.39, 0.29) is 17.5 Å². The molecule has 4 nitrogen and oxygen atoms in total. The normalized spacial score (nSPS) is 16.0. The molecule has 2 amide bonds. The lowest BCUT2D eigenvalue weighted by Gasteiger charge is -2.35. The first kappa shape index (κ1) is 18.9. The average Bonchev–Trinajstić information content (AvgIpc) is 3.08. The van der Waals surface area contributed by atoms with Gasteiger partial charge in [-0.05, 0) is 34.4 Å². The Labute approximate surface area is 160 Å². The van der Waals surface area contributed by atoms with E-state index in [2.05, 4.69) is 72.0 Å². The second kappa shape index (κ2) is 8.23. The van der Waals surface area contributed by atoms with Gasteiger partial charge in [0, 0.05) is 31.1 Å². The lowest BCUT2D eigenvalue weighted by molar-refractivity contribution is 0.175. The van der Waals surface area contributed by atoms with E-state index in [1.807, 2.05) is 17.4 Å². The first-order chi connectivity index (χ1) is 12.4. The Morgan fingerprint density at radius 3 is 2.69 bits per heavy atom. The van der Waals surface area contributed by atoms with Gasteiger partial charge < -0.3 is 10.6 Å². The first-order valence-electron chi connectivity index (χ1n) is 9.28. The first-order valence-corrected chi connectivity index (χ1v) is 10.2. The highest BCUT2D eigenvalue weighted by molar-refractivity contribution is 7.10. The molecule has 0 saturated carbocycles. The molecule has 2 N–H and O–H groups in total. The van der Waals surface area contributed by atoms with Crippen molar-refractivity contribution < 1.29 is 4.79 Å². The van der Waals surface area contributed by atoms with Crippen LogP contribution in [0.2, 0.25) is 0 Å². The number of amides is 2.